The van der Waals surface area contributed by atoms with Gasteiger partial charge in [-0.25, -0.2) is 0 Å². The van der Waals surface area contributed by atoms with Gasteiger partial charge in [0.25, 0.3) is 0 Å². The monoisotopic (exact) mass is 233 g/mol. The molecule has 1 aliphatic heterocycles. The highest BCUT2D eigenvalue weighted by Gasteiger charge is 2.19. The van der Waals surface area contributed by atoms with Gasteiger partial charge in [0, 0.05) is 30.0 Å². The number of para-hydroxylation sites is 1. The maximum Gasteiger partial charge on any atom is 0.0524 e. The van der Waals surface area contributed by atoms with Crippen LogP contribution in [-0.2, 0) is 6.42 Å². The molecule has 0 spiro atoms. The minimum absolute atomic E-state index is 1.04. The average molecular weight is 233 g/mol. The number of nitrogens with zero attached hydrogens (tertiary/aromatic N) is 1. The second-order valence-corrected chi connectivity index (χ2v) is 4.69. The molecular weight excluding hydrogens is 220 g/mol. The molecule has 0 amide bonds. The summed E-state index contributed by atoms with van der Waals surface area (Å²) >= 11 is 0. The normalized spacial score (nSPS) is 14.1. The van der Waals surface area contributed by atoms with Crippen LogP contribution in [0.5, 0.6) is 0 Å². The molecule has 0 saturated heterocycles. The molecule has 0 unspecified atom stereocenters. The first-order chi connectivity index (χ1) is 8.92. The van der Waals surface area contributed by atoms with E-state index in [4.69, 9.17) is 0 Å². The van der Waals surface area contributed by atoms with Gasteiger partial charge >= 0.3 is 0 Å². The first-order valence-corrected chi connectivity index (χ1v) is 6.26. The lowest BCUT2D eigenvalue weighted by molar-refractivity contribution is 0.999. The van der Waals surface area contributed by atoms with E-state index < -0.39 is 0 Å². The molecule has 1 N–H and O–H groups in total. The number of hydrogen-bond donors (Lipinski definition) is 1. The summed E-state index contributed by atoms with van der Waals surface area (Å²) in [6.07, 6.45) is 3.09. The van der Waals surface area contributed by atoms with Gasteiger partial charge in [0.05, 0.1) is 5.69 Å². The highest BCUT2D eigenvalue weighted by atomic mass is 15.2. The van der Waals surface area contributed by atoms with Crippen LogP contribution in [0.25, 0.3) is 10.9 Å². The maximum absolute atomic E-state index is 3.36. The Morgan fingerprint density at radius 2 is 2.17 bits per heavy atom. The average Bonchev–Trinajstić information content (AvgIpc) is 3.04. The quantitative estimate of drug-likeness (QED) is 0.679. The molecule has 1 radical (unpaired) electrons. The molecule has 2 aromatic carbocycles. The third-order valence-electron chi connectivity index (χ3n) is 3.64. The van der Waals surface area contributed by atoms with Gasteiger partial charge < -0.3 is 9.88 Å². The summed E-state index contributed by atoms with van der Waals surface area (Å²) in [6.45, 7) is 1.04. The van der Waals surface area contributed by atoms with Crippen molar-refractivity contribution in [2.45, 2.75) is 6.42 Å². The van der Waals surface area contributed by atoms with Gasteiger partial charge in [-0.1, -0.05) is 24.3 Å². The van der Waals surface area contributed by atoms with Crippen LogP contribution in [0.4, 0.5) is 11.4 Å². The lowest BCUT2D eigenvalue weighted by atomic mass is 10.2. The van der Waals surface area contributed by atoms with Crippen molar-refractivity contribution >= 4 is 22.3 Å². The molecule has 87 valence electrons. The number of aromatic nitrogens is 1. The third kappa shape index (κ3) is 1.35. The second kappa shape index (κ2) is 3.64. The number of rotatable bonds is 1. The van der Waals surface area contributed by atoms with E-state index in [9.17, 15) is 0 Å². The summed E-state index contributed by atoms with van der Waals surface area (Å²) in [5.74, 6) is 0. The summed E-state index contributed by atoms with van der Waals surface area (Å²) in [5, 5.41) is 1.26. The molecular formula is C16H13N2. The highest BCUT2D eigenvalue weighted by molar-refractivity contribution is 5.85. The standard InChI is InChI=1S/C16H13N2/c1-2-4-16-13(3-1)8-10-18(16)14-6-5-12-7-9-17-15(12)11-14/h1-3,5-7,9,11,17H,8,10H2. The fourth-order valence-corrected chi connectivity index (χ4v) is 2.72. The Bertz CT molecular complexity index is 712. The van der Waals surface area contributed by atoms with Crippen molar-refractivity contribution < 1.29 is 0 Å². The molecule has 4 rings (SSSR count). The maximum atomic E-state index is 3.36. The molecule has 1 aromatic heterocycles. The van der Waals surface area contributed by atoms with Crippen molar-refractivity contribution in [3.05, 3.63) is 60.3 Å². The van der Waals surface area contributed by atoms with Crippen LogP contribution >= 0.6 is 0 Å². The van der Waals surface area contributed by atoms with Crippen LogP contribution in [0, 0.1) is 6.07 Å². The van der Waals surface area contributed by atoms with Crippen molar-refractivity contribution in [3.8, 4) is 0 Å². The fourth-order valence-electron chi connectivity index (χ4n) is 2.72. The summed E-state index contributed by atoms with van der Waals surface area (Å²) < 4.78 is 0. The van der Waals surface area contributed by atoms with Crippen LogP contribution in [0.3, 0.4) is 0 Å². The first-order valence-electron chi connectivity index (χ1n) is 6.26. The van der Waals surface area contributed by atoms with E-state index in [2.05, 4.69) is 52.3 Å². The molecule has 2 heterocycles. The van der Waals surface area contributed by atoms with Crippen LogP contribution < -0.4 is 4.90 Å². The Morgan fingerprint density at radius 1 is 1.17 bits per heavy atom. The van der Waals surface area contributed by atoms with Crippen LogP contribution in [0.15, 0.2) is 48.7 Å². The summed E-state index contributed by atoms with van der Waals surface area (Å²) in [7, 11) is 0. The van der Waals surface area contributed by atoms with Gasteiger partial charge in [0.2, 0.25) is 0 Å². The molecule has 2 nitrogen and oxygen atoms in total. The minimum atomic E-state index is 1.04. The van der Waals surface area contributed by atoms with Crippen molar-refractivity contribution in [1.29, 1.82) is 0 Å². The van der Waals surface area contributed by atoms with E-state index in [0.29, 0.717) is 0 Å². The van der Waals surface area contributed by atoms with E-state index in [0.717, 1.165) is 13.0 Å². The largest absolute Gasteiger partial charge is 0.361 e. The number of fused-ring (bicyclic) bond motifs is 2. The molecule has 2 heteroatoms. The lowest BCUT2D eigenvalue weighted by Gasteiger charge is -2.19. The molecule has 0 saturated carbocycles. The number of anilines is 2. The zero-order valence-electron chi connectivity index (χ0n) is 9.98. The van der Waals surface area contributed by atoms with Crippen molar-refractivity contribution in [1.82, 2.24) is 4.98 Å². The van der Waals surface area contributed by atoms with Gasteiger partial charge in [-0.15, -0.1) is 0 Å². The summed E-state index contributed by atoms with van der Waals surface area (Å²) in [6, 6.07) is 18.3. The second-order valence-electron chi connectivity index (χ2n) is 4.69. The Hall–Kier alpha value is -2.22. The number of benzene rings is 2. The summed E-state index contributed by atoms with van der Waals surface area (Å²) in [4.78, 5) is 5.61. The Kier molecular flexibility index (Phi) is 1.97. The van der Waals surface area contributed by atoms with E-state index >= 15 is 0 Å². The van der Waals surface area contributed by atoms with Gasteiger partial charge in [-0.05, 0) is 35.6 Å². The summed E-state index contributed by atoms with van der Waals surface area (Å²) in [5.41, 5.74) is 5.05. The Labute approximate surface area is 106 Å². The first kappa shape index (κ1) is 9.77. The molecule has 0 atom stereocenters. The Morgan fingerprint density at radius 3 is 3.17 bits per heavy atom. The van der Waals surface area contributed by atoms with Crippen LogP contribution in [-0.4, -0.2) is 11.5 Å². The number of H-pyrrole nitrogens is 1. The van der Waals surface area contributed by atoms with Gasteiger partial charge in [0.15, 0.2) is 0 Å². The fraction of sp³-hybridized carbons (Fsp3) is 0.125. The minimum Gasteiger partial charge on any atom is -0.361 e. The van der Waals surface area contributed by atoms with Crippen LogP contribution in [0.1, 0.15) is 5.56 Å². The van der Waals surface area contributed by atoms with E-state index in [1.165, 1.54) is 27.8 Å². The molecule has 0 bridgehead atoms. The number of aromatic amines is 1. The number of nitrogens with one attached hydrogen (secondary N) is 1. The van der Waals surface area contributed by atoms with E-state index in [1.54, 1.807) is 0 Å². The molecule has 1 aliphatic rings. The Balaban J connectivity index is 1.84. The predicted octanol–water partition coefficient (Wildman–Crippen LogP) is 3.66. The van der Waals surface area contributed by atoms with Crippen molar-refractivity contribution in [2.75, 3.05) is 11.4 Å². The molecule has 0 fully saturated rings. The zero-order chi connectivity index (χ0) is 11.9. The molecule has 3 aromatic rings. The van der Waals surface area contributed by atoms with Gasteiger partial charge in [-0.3, -0.25) is 0 Å². The van der Waals surface area contributed by atoms with E-state index in [-0.39, 0.29) is 0 Å². The van der Waals surface area contributed by atoms with Crippen molar-refractivity contribution in [2.24, 2.45) is 0 Å². The highest BCUT2D eigenvalue weighted by Crippen LogP contribution is 2.34. The van der Waals surface area contributed by atoms with E-state index in [1.807, 2.05) is 12.3 Å². The third-order valence-corrected chi connectivity index (χ3v) is 3.64. The van der Waals surface area contributed by atoms with Crippen molar-refractivity contribution in [3.63, 3.8) is 0 Å². The number of hydrogen-bond acceptors (Lipinski definition) is 1. The van der Waals surface area contributed by atoms with Gasteiger partial charge in [-0.2, -0.15) is 0 Å². The topological polar surface area (TPSA) is 19.0 Å². The smallest absolute Gasteiger partial charge is 0.0524 e. The van der Waals surface area contributed by atoms with Gasteiger partial charge in [0.1, 0.15) is 0 Å². The molecule has 18 heavy (non-hydrogen) atoms. The SMILES string of the molecule is [c]1cccc2c1N(c1ccc3cc[nH]c3c1)CC2. The predicted molar refractivity (Wildman–Crippen MR) is 74.3 cm³/mol. The lowest BCUT2D eigenvalue weighted by Crippen LogP contribution is -2.12. The molecule has 0 aliphatic carbocycles. The zero-order valence-corrected chi connectivity index (χ0v) is 9.98. The van der Waals surface area contributed by atoms with Crippen LogP contribution in [0.2, 0.25) is 0 Å².